The summed E-state index contributed by atoms with van der Waals surface area (Å²) < 4.78 is 10.5. The minimum Gasteiger partial charge on any atom is -0.324 e. The van der Waals surface area contributed by atoms with Gasteiger partial charge in [0.05, 0.1) is 0 Å². The lowest BCUT2D eigenvalue weighted by atomic mass is 10.1. The van der Waals surface area contributed by atoms with Gasteiger partial charge in [-0.05, 0) is 12.8 Å². The Balaban J connectivity index is 3.14. The summed E-state index contributed by atoms with van der Waals surface area (Å²) in [5.41, 5.74) is 1.59. The van der Waals surface area contributed by atoms with Crippen LogP contribution < -0.4 is 5.48 Å². The van der Waals surface area contributed by atoms with Crippen molar-refractivity contribution in [3.8, 4) is 0 Å². The zero-order chi connectivity index (χ0) is 13.1. The van der Waals surface area contributed by atoms with Crippen LogP contribution in [0.1, 0.15) is 51.4 Å². The quantitative estimate of drug-likeness (QED) is 0.209. The van der Waals surface area contributed by atoms with E-state index in [1.165, 1.54) is 0 Å². The average molecular weight is 267 g/mol. The topological polar surface area (TPSA) is 107 Å². The zero-order valence-electron chi connectivity index (χ0n) is 9.97. The van der Waals surface area contributed by atoms with E-state index in [-0.39, 0.29) is 12.1 Å². The number of rotatable bonds is 10. The number of hydrogen-bond acceptors (Lipinski definition) is 3. The second kappa shape index (κ2) is 9.59. The van der Waals surface area contributed by atoms with E-state index in [0.717, 1.165) is 38.5 Å². The molecular formula is C10H22NO5P. The Hall–Kier alpha value is -0.420. The SMILES string of the molecule is O=C(CCCCCCCCCP(=O)(O)O)NO. The Morgan fingerprint density at radius 3 is 1.88 bits per heavy atom. The Morgan fingerprint density at radius 1 is 0.941 bits per heavy atom. The normalized spacial score (nSPS) is 11.5. The molecule has 17 heavy (non-hydrogen) atoms. The van der Waals surface area contributed by atoms with Gasteiger partial charge in [0.1, 0.15) is 0 Å². The minimum absolute atomic E-state index is 0.0241. The molecule has 0 aromatic carbocycles. The Morgan fingerprint density at radius 2 is 1.41 bits per heavy atom. The van der Waals surface area contributed by atoms with E-state index < -0.39 is 7.60 Å². The molecule has 6 nitrogen and oxygen atoms in total. The predicted molar refractivity (Wildman–Crippen MR) is 63.8 cm³/mol. The van der Waals surface area contributed by atoms with Crippen molar-refractivity contribution in [3.63, 3.8) is 0 Å². The van der Waals surface area contributed by atoms with Crippen LogP contribution >= 0.6 is 7.60 Å². The third kappa shape index (κ3) is 13.5. The average Bonchev–Trinajstić information content (AvgIpc) is 2.25. The van der Waals surface area contributed by atoms with Crippen LogP contribution in [0.3, 0.4) is 0 Å². The Labute approximate surface area is 102 Å². The first-order chi connectivity index (χ1) is 7.95. The van der Waals surface area contributed by atoms with Gasteiger partial charge in [0.15, 0.2) is 0 Å². The highest BCUT2D eigenvalue weighted by molar-refractivity contribution is 7.51. The zero-order valence-corrected chi connectivity index (χ0v) is 10.9. The van der Waals surface area contributed by atoms with Gasteiger partial charge in [-0.15, -0.1) is 0 Å². The molecular weight excluding hydrogens is 245 g/mol. The van der Waals surface area contributed by atoms with Crippen LogP contribution in [-0.2, 0) is 9.36 Å². The molecule has 102 valence electrons. The van der Waals surface area contributed by atoms with Crippen molar-refractivity contribution in [2.45, 2.75) is 51.4 Å². The summed E-state index contributed by atoms with van der Waals surface area (Å²) in [5.74, 6) is -0.355. The van der Waals surface area contributed by atoms with Crippen LogP contribution in [0.15, 0.2) is 0 Å². The van der Waals surface area contributed by atoms with Crippen molar-refractivity contribution < 1.29 is 24.4 Å². The van der Waals surface area contributed by atoms with Gasteiger partial charge in [-0.2, -0.15) is 0 Å². The smallest absolute Gasteiger partial charge is 0.324 e. The van der Waals surface area contributed by atoms with Crippen molar-refractivity contribution in [1.82, 2.24) is 5.48 Å². The fourth-order valence-electron chi connectivity index (χ4n) is 1.54. The summed E-state index contributed by atoms with van der Waals surface area (Å²) in [6.45, 7) is 0. The second-order valence-electron chi connectivity index (χ2n) is 4.15. The maximum absolute atomic E-state index is 10.6. The van der Waals surface area contributed by atoms with Gasteiger partial charge in [0.25, 0.3) is 0 Å². The summed E-state index contributed by atoms with van der Waals surface area (Å²) in [7, 11) is -3.81. The Kier molecular flexibility index (Phi) is 9.36. The molecule has 1 amide bonds. The number of carbonyl (C=O) groups is 1. The summed E-state index contributed by atoms with van der Waals surface area (Å²) >= 11 is 0. The van der Waals surface area contributed by atoms with Gasteiger partial charge in [0, 0.05) is 12.6 Å². The lowest BCUT2D eigenvalue weighted by molar-refractivity contribution is -0.129. The molecule has 0 aromatic heterocycles. The summed E-state index contributed by atoms with van der Waals surface area (Å²) in [4.78, 5) is 27.9. The Bertz CT molecular complexity index is 253. The summed E-state index contributed by atoms with van der Waals surface area (Å²) in [6, 6.07) is 0. The summed E-state index contributed by atoms with van der Waals surface area (Å²) in [5, 5.41) is 8.24. The number of nitrogens with one attached hydrogen (secondary N) is 1. The van der Waals surface area contributed by atoms with Crippen LogP contribution in [0.25, 0.3) is 0 Å². The monoisotopic (exact) mass is 267 g/mol. The molecule has 0 saturated carbocycles. The first-order valence-corrected chi connectivity index (χ1v) is 7.73. The molecule has 0 bridgehead atoms. The van der Waals surface area contributed by atoms with E-state index >= 15 is 0 Å². The largest absolute Gasteiger partial charge is 0.325 e. The van der Waals surface area contributed by atoms with Crippen LogP contribution in [0, 0.1) is 0 Å². The molecule has 0 fully saturated rings. The summed E-state index contributed by atoms with van der Waals surface area (Å²) in [6.07, 6.45) is 6.40. The molecule has 0 aliphatic carbocycles. The van der Waals surface area contributed by atoms with Crippen molar-refractivity contribution in [2.24, 2.45) is 0 Å². The molecule has 0 aromatic rings. The fraction of sp³-hybridized carbons (Fsp3) is 0.900. The van der Waals surface area contributed by atoms with Crippen molar-refractivity contribution >= 4 is 13.5 Å². The van der Waals surface area contributed by atoms with Crippen LogP contribution in [0.4, 0.5) is 0 Å². The van der Waals surface area contributed by atoms with Crippen molar-refractivity contribution in [3.05, 3.63) is 0 Å². The van der Waals surface area contributed by atoms with E-state index in [9.17, 15) is 9.36 Å². The molecule has 0 radical (unpaired) electrons. The molecule has 0 heterocycles. The number of unbranched alkanes of at least 4 members (excludes halogenated alkanes) is 6. The van der Waals surface area contributed by atoms with Gasteiger partial charge in [-0.3, -0.25) is 14.6 Å². The molecule has 7 heteroatoms. The van der Waals surface area contributed by atoms with Gasteiger partial charge in [-0.1, -0.05) is 32.1 Å². The third-order valence-corrected chi connectivity index (χ3v) is 3.38. The second-order valence-corrected chi connectivity index (χ2v) is 5.92. The first kappa shape index (κ1) is 16.6. The standard InChI is InChI=1S/C10H22NO5P/c12-10(11-13)8-6-4-2-1-3-5-7-9-17(14,15)16/h13H,1-9H2,(H,11,12)(H2,14,15,16). The molecule has 0 rings (SSSR count). The molecule has 0 aliphatic rings. The van der Waals surface area contributed by atoms with E-state index in [1.807, 2.05) is 0 Å². The maximum Gasteiger partial charge on any atom is 0.325 e. The molecule has 0 atom stereocenters. The number of amides is 1. The molecule has 0 saturated heterocycles. The lowest BCUT2D eigenvalue weighted by Crippen LogP contribution is -2.17. The molecule has 4 N–H and O–H groups in total. The van der Waals surface area contributed by atoms with Crippen LogP contribution in [0.5, 0.6) is 0 Å². The number of hydroxylamine groups is 1. The van der Waals surface area contributed by atoms with Gasteiger partial charge >= 0.3 is 7.60 Å². The van der Waals surface area contributed by atoms with Crippen molar-refractivity contribution in [1.29, 1.82) is 0 Å². The van der Waals surface area contributed by atoms with Crippen molar-refractivity contribution in [2.75, 3.05) is 6.16 Å². The highest BCUT2D eigenvalue weighted by atomic mass is 31.2. The van der Waals surface area contributed by atoms with E-state index in [0.29, 0.717) is 12.8 Å². The molecule has 0 aliphatic heterocycles. The van der Waals surface area contributed by atoms with E-state index in [4.69, 9.17) is 15.0 Å². The highest BCUT2D eigenvalue weighted by Crippen LogP contribution is 2.35. The molecule has 0 unspecified atom stereocenters. The van der Waals surface area contributed by atoms with Crippen LogP contribution in [0.2, 0.25) is 0 Å². The lowest BCUT2D eigenvalue weighted by Gasteiger charge is -2.03. The third-order valence-electron chi connectivity index (χ3n) is 2.48. The highest BCUT2D eigenvalue weighted by Gasteiger charge is 2.10. The predicted octanol–water partition coefficient (Wildman–Crippen LogP) is 1.79. The maximum atomic E-state index is 10.6. The number of carbonyl (C=O) groups excluding carboxylic acids is 1. The van der Waals surface area contributed by atoms with Gasteiger partial charge in [0.2, 0.25) is 5.91 Å². The first-order valence-electron chi connectivity index (χ1n) is 5.93. The van der Waals surface area contributed by atoms with Crippen LogP contribution in [-0.4, -0.2) is 27.1 Å². The van der Waals surface area contributed by atoms with Gasteiger partial charge in [-0.25, -0.2) is 5.48 Å². The molecule has 0 spiro atoms. The number of hydrogen-bond donors (Lipinski definition) is 4. The minimum atomic E-state index is -3.81. The van der Waals surface area contributed by atoms with Gasteiger partial charge < -0.3 is 9.79 Å². The fourth-order valence-corrected chi connectivity index (χ4v) is 2.18. The van der Waals surface area contributed by atoms with E-state index in [2.05, 4.69) is 0 Å². The van der Waals surface area contributed by atoms with E-state index in [1.54, 1.807) is 5.48 Å².